The normalized spacial score (nSPS) is 20.6. The van der Waals surface area contributed by atoms with Crippen LogP contribution in [0.25, 0.3) is 5.65 Å². The molecule has 5 rings (SSSR count). The number of rotatable bonds is 5. The number of aromatic nitrogens is 4. The van der Waals surface area contributed by atoms with E-state index in [1.807, 2.05) is 23.7 Å². The lowest BCUT2D eigenvalue weighted by Gasteiger charge is -2.35. The Bertz CT molecular complexity index is 1200. The maximum Gasteiger partial charge on any atom is 0.326 e. The first kappa shape index (κ1) is 19.7. The molecule has 0 saturated carbocycles. The minimum absolute atomic E-state index is 0.155. The highest BCUT2D eigenvalue weighted by molar-refractivity contribution is 7.09. The fraction of sp³-hybridized carbons (Fsp3) is 0.500. The summed E-state index contributed by atoms with van der Waals surface area (Å²) < 4.78 is 8.24. The van der Waals surface area contributed by atoms with Crippen LogP contribution >= 0.6 is 22.9 Å². The van der Waals surface area contributed by atoms with Gasteiger partial charge in [0.1, 0.15) is 11.7 Å². The van der Waals surface area contributed by atoms with Crippen LogP contribution in [0.5, 0.6) is 0 Å². The molecule has 1 fully saturated rings. The van der Waals surface area contributed by atoms with Crippen molar-refractivity contribution in [1.29, 1.82) is 0 Å². The summed E-state index contributed by atoms with van der Waals surface area (Å²) in [7, 11) is 0. The van der Waals surface area contributed by atoms with Gasteiger partial charge in [0, 0.05) is 42.9 Å². The third-order valence-electron chi connectivity index (χ3n) is 5.98. The fourth-order valence-corrected chi connectivity index (χ4v) is 5.96. The van der Waals surface area contributed by atoms with E-state index in [4.69, 9.17) is 16.3 Å². The molecule has 0 unspecified atom stereocenters. The maximum atomic E-state index is 12.4. The number of aryl methyl sites for hydroxylation is 1. The van der Waals surface area contributed by atoms with Gasteiger partial charge in [0.05, 0.1) is 22.9 Å². The average Bonchev–Trinajstić information content (AvgIpc) is 3.30. The van der Waals surface area contributed by atoms with Crippen LogP contribution in [0.3, 0.4) is 0 Å². The molecule has 3 aromatic heterocycles. The summed E-state index contributed by atoms with van der Waals surface area (Å²) in [5, 5.41) is 4.96. The molecule has 8 nitrogen and oxygen atoms in total. The highest BCUT2D eigenvalue weighted by Gasteiger charge is 2.41. The van der Waals surface area contributed by atoms with Crippen molar-refractivity contribution in [3.63, 3.8) is 0 Å². The SMILES string of the molecule is CCOC(=O)Cn1c(Cl)c(CN2[C@H]3CC[C@H]2c2cnc4cc(C)nn4c2C3)sc1=O. The Kier molecular flexibility index (Phi) is 4.91. The molecule has 158 valence electrons. The zero-order valence-electron chi connectivity index (χ0n) is 16.8. The van der Waals surface area contributed by atoms with Gasteiger partial charge in [-0.1, -0.05) is 22.9 Å². The summed E-state index contributed by atoms with van der Waals surface area (Å²) in [6, 6.07) is 2.59. The Morgan fingerprint density at radius 1 is 1.40 bits per heavy atom. The lowest BCUT2D eigenvalue weighted by Crippen LogP contribution is -2.38. The number of fused-ring (bicyclic) bond motifs is 6. The second-order valence-corrected chi connectivity index (χ2v) is 9.22. The molecule has 5 heterocycles. The third kappa shape index (κ3) is 3.16. The number of carbonyl (C=O) groups is 1. The number of halogens is 1. The predicted molar refractivity (Wildman–Crippen MR) is 113 cm³/mol. The summed E-state index contributed by atoms with van der Waals surface area (Å²) in [6.45, 7) is 4.42. The minimum atomic E-state index is -0.456. The lowest BCUT2D eigenvalue weighted by molar-refractivity contribution is -0.143. The number of carbonyl (C=O) groups excluding carboxylic acids is 1. The number of ether oxygens (including phenoxy) is 1. The van der Waals surface area contributed by atoms with Crippen molar-refractivity contribution < 1.29 is 9.53 Å². The Labute approximate surface area is 182 Å². The molecule has 30 heavy (non-hydrogen) atoms. The summed E-state index contributed by atoms with van der Waals surface area (Å²) in [5.74, 6) is -0.456. The van der Waals surface area contributed by atoms with Crippen LogP contribution < -0.4 is 4.87 Å². The van der Waals surface area contributed by atoms with Crippen LogP contribution in [0, 0.1) is 6.92 Å². The molecular formula is C20H22ClN5O3S. The minimum Gasteiger partial charge on any atom is -0.465 e. The smallest absolute Gasteiger partial charge is 0.326 e. The van der Waals surface area contributed by atoms with Crippen molar-refractivity contribution >= 4 is 34.6 Å². The molecule has 0 aromatic carbocycles. The van der Waals surface area contributed by atoms with Gasteiger partial charge in [0.15, 0.2) is 5.65 Å². The standard InChI is InChI=1S/C20H22ClN5O3S/c1-3-29-18(27)10-25-19(21)16(30-20(25)28)9-24-12-4-5-14(24)13-8-22-17-6-11(2)23-26(17)15(13)7-12/h6,8,12,14H,3-5,7,9-10H2,1-2H3/t12-,14-/m0/s1. The number of hydrogen-bond acceptors (Lipinski definition) is 7. The molecule has 10 heteroatoms. The van der Waals surface area contributed by atoms with Crippen molar-refractivity contribution in [1.82, 2.24) is 24.1 Å². The van der Waals surface area contributed by atoms with Crippen molar-refractivity contribution in [3.05, 3.63) is 48.9 Å². The van der Waals surface area contributed by atoms with Crippen LogP contribution in [0.1, 0.15) is 47.6 Å². The topological polar surface area (TPSA) is 81.7 Å². The van der Waals surface area contributed by atoms with Crippen LogP contribution in [-0.2, 0) is 29.0 Å². The molecule has 2 bridgehead atoms. The summed E-state index contributed by atoms with van der Waals surface area (Å²) >= 11 is 7.61. The summed E-state index contributed by atoms with van der Waals surface area (Å²) in [6.07, 6.45) is 4.99. The summed E-state index contributed by atoms with van der Waals surface area (Å²) in [5.41, 5.74) is 4.28. The Morgan fingerprint density at radius 3 is 3.03 bits per heavy atom. The molecule has 0 radical (unpaired) electrons. The van der Waals surface area contributed by atoms with Gasteiger partial charge in [0.25, 0.3) is 0 Å². The molecule has 0 amide bonds. The number of thiazole rings is 1. The van der Waals surface area contributed by atoms with Gasteiger partial charge in [0.2, 0.25) is 0 Å². The van der Waals surface area contributed by atoms with E-state index in [0.717, 1.165) is 46.8 Å². The zero-order valence-corrected chi connectivity index (χ0v) is 18.4. The first-order chi connectivity index (χ1) is 14.5. The third-order valence-corrected chi connectivity index (χ3v) is 7.49. The first-order valence-corrected chi connectivity index (χ1v) is 11.3. The summed E-state index contributed by atoms with van der Waals surface area (Å²) in [4.78, 5) is 31.8. The highest BCUT2D eigenvalue weighted by Crippen LogP contribution is 2.44. The zero-order chi connectivity index (χ0) is 21.0. The highest BCUT2D eigenvalue weighted by atomic mass is 35.5. The van der Waals surface area contributed by atoms with Gasteiger partial charge in [-0.3, -0.25) is 19.1 Å². The maximum absolute atomic E-state index is 12.4. The number of hydrogen-bond donors (Lipinski definition) is 0. The van der Waals surface area contributed by atoms with Crippen molar-refractivity contribution in [2.24, 2.45) is 0 Å². The Hall–Kier alpha value is -2.23. The van der Waals surface area contributed by atoms with E-state index < -0.39 is 5.97 Å². The van der Waals surface area contributed by atoms with E-state index in [1.54, 1.807) is 6.92 Å². The molecular weight excluding hydrogens is 426 g/mol. The Morgan fingerprint density at radius 2 is 2.23 bits per heavy atom. The van der Waals surface area contributed by atoms with Crippen LogP contribution in [0.4, 0.5) is 0 Å². The van der Waals surface area contributed by atoms with Crippen LogP contribution in [0.2, 0.25) is 5.15 Å². The Balaban J connectivity index is 1.44. The van der Waals surface area contributed by atoms with Gasteiger partial charge in [-0.25, -0.2) is 9.50 Å². The molecule has 1 saturated heterocycles. The van der Waals surface area contributed by atoms with Crippen LogP contribution in [0.15, 0.2) is 17.1 Å². The van der Waals surface area contributed by atoms with E-state index in [1.165, 1.54) is 15.8 Å². The van der Waals surface area contributed by atoms with E-state index in [2.05, 4.69) is 15.0 Å². The average molecular weight is 448 g/mol. The lowest BCUT2D eigenvalue weighted by atomic mass is 9.99. The van der Waals surface area contributed by atoms with Gasteiger partial charge in [-0.15, -0.1) is 0 Å². The molecule has 2 aliphatic heterocycles. The molecule has 3 aromatic rings. The molecule has 0 aliphatic carbocycles. The van der Waals surface area contributed by atoms with Crippen molar-refractivity contribution in [3.8, 4) is 0 Å². The number of esters is 1. The second kappa shape index (κ2) is 7.47. The first-order valence-electron chi connectivity index (χ1n) is 10.1. The van der Waals surface area contributed by atoms with Crippen LogP contribution in [-0.4, -0.2) is 42.7 Å². The molecule has 2 atom stereocenters. The second-order valence-electron chi connectivity index (χ2n) is 7.81. The van der Waals surface area contributed by atoms with Gasteiger partial charge >= 0.3 is 10.8 Å². The molecule has 0 N–H and O–H groups in total. The molecule has 0 spiro atoms. The quantitative estimate of drug-likeness (QED) is 0.559. The fourth-order valence-electron chi connectivity index (χ4n) is 4.71. The van der Waals surface area contributed by atoms with E-state index >= 15 is 0 Å². The largest absolute Gasteiger partial charge is 0.465 e. The van der Waals surface area contributed by atoms with Gasteiger partial charge in [-0.2, -0.15) is 5.10 Å². The number of nitrogens with zero attached hydrogens (tertiary/aromatic N) is 5. The predicted octanol–water partition coefficient (Wildman–Crippen LogP) is 2.74. The monoisotopic (exact) mass is 447 g/mol. The van der Waals surface area contributed by atoms with Crippen molar-refractivity contribution in [2.45, 2.75) is 58.3 Å². The van der Waals surface area contributed by atoms with E-state index in [9.17, 15) is 9.59 Å². The van der Waals surface area contributed by atoms with E-state index in [-0.39, 0.29) is 24.1 Å². The van der Waals surface area contributed by atoms with E-state index in [0.29, 0.717) is 17.7 Å². The van der Waals surface area contributed by atoms with Gasteiger partial charge < -0.3 is 4.74 Å². The van der Waals surface area contributed by atoms with Gasteiger partial charge in [-0.05, 0) is 26.7 Å². The molecule has 2 aliphatic rings. The van der Waals surface area contributed by atoms with Crippen molar-refractivity contribution in [2.75, 3.05) is 6.61 Å².